The third kappa shape index (κ3) is 29.4. The molecule has 0 aliphatic carbocycles. The predicted molar refractivity (Wildman–Crippen MR) is 265 cm³/mol. The van der Waals surface area contributed by atoms with Crippen molar-refractivity contribution in [1.29, 1.82) is 0 Å². The first kappa shape index (κ1) is 55.4. The van der Waals surface area contributed by atoms with Crippen LogP contribution < -0.4 is 43.4 Å². The van der Waals surface area contributed by atoms with E-state index in [-0.39, 0.29) is 29.5 Å². The lowest BCUT2D eigenvalue weighted by molar-refractivity contribution is -0.117. The van der Waals surface area contributed by atoms with E-state index in [1.807, 2.05) is 81.4 Å². The standard InChI is InChI=1S/C30H52N8O3.3C7H8O/c1-23(36-16-14-35-22-26(37-13-11-31)18-24-2-6-28(39)7-3-24)20-34-15-17-38-27(21-33-12-10-30(32)41)19-25-4-8-29(40)9-5-25;3*1-6-2-4-7(8)5-3-6/h2-9,23,26-27,33-40H,10-22,31H2,1H3,(H2,32,41);3*2-5,8H,1H3. The van der Waals surface area contributed by atoms with Crippen LogP contribution in [0.2, 0.25) is 0 Å². The minimum absolute atomic E-state index is 0.188. The molecule has 65 heavy (non-hydrogen) atoms. The number of rotatable bonds is 24. The average molecular weight is 897 g/mol. The number of carbonyl (C=O) groups is 1. The van der Waals surface area contributed by atoms with Crippen LogP contribution in [0.15, 0.2) is 121 Å². The lowest BCUT2D eigenvalue weighted by atomic mass is 10.1. The Hall–Kier alpha value is -5.71. The summed E-state index contributed by atoms with van der Waals surface area (Å²) in [6.07, 6.45) is 2.00. The lowest BCUT2D eigenvalue weighted by Crippen LogP contribution is -2.46. The molecule has 0 spiro atoms. The van der Waals surface area contributed by atoms with Gasteiger partial charge in [0.2, 0.25) is 5.91 Å². The minimum atomic E-state index is -0.308. The van der Waals surface area contributed by atoms with Crippen LogP contribution in [0.1, 0.15) is 41.2 Å². The monoisotopic (exact) mass is 897 g/mol. The largest absolute Gasteiger partial charge is 0.508 e. The fourth-order valence-corrected chi connectivity index (χ4v) is 6.11. The number of hydrogen-bond donors (Lipinski definition) is 13. The summed E-state index contributed by atoms with van der Waals surface area (Å²) in [7, 11) is 0. The van der Waals surface area contributed by atoms with Gasteiger partial charge in [-0.25, -0.2) is 0 Å². The highest BCUT2D eigenvalue weighted by Gasteiger charge is 2.11. The van der Waals surface area contributed by atoms with Gasteiger partial charge >= 0.3 is 0 Å². The smallest absolute Gasteiger partial charge is 0.218 e. The van der Waals surface area contributed by atoms with E-state index in [1.165, 1.54) is 22.3 Å². The quantitative estimate of drug-likeness (QED) is 0.0383. The topological polar surface area (TPSA) is 242 Å². The van der Waals surface area contributed by atoms with Gasteiger partial charge in [-0.2, -0.15) is 0 Å². The molecule has 0 fully saturated rings. The Morgan fingerprint density at radius 2 is 0.785 bits per heavy atom. The van der Waals surface area contributed by atoms with Gasteiger partial charge in [0.25, 0.3) is 0 Å². The van der Waals surface area contributed by atoms with Gasteiger partial charge in [0.1, 0.15) is 28.7 Å². The summed E-state index contributed by atoms with van der Waals surface area (Å²) in [6.45, 7) is 15.9. The summed E-state index contributed by atoms with van der Waals surface area (Å²) in [5.41, 5.74) is 16.7. The molecule has 14 nitrogen and oxygen atoms in total. The van der Waals surface area contributed by atoms with Crippen molar-refractivity contribution in [3.05, 3.63) is 149 Å². The fourth-order valence-electron chi connectivity index (χ4n) is 6.11. The molecule has 0 bridgehead atoms. The number of amides is 1. The van der Waals surface area contributed by atoms with Crippen LogP contribution in [0.5, 0.6) is 28.7 Å². The maximum Gasteiger partial charge on any atom is 0.218 e. The Balaban J connectivity index is 0.000000478. The van der Waals surface area contributed by atoms with E-state index in [9.17, 15) is 15.0 Å². The van der Waals surface area contributed by atoms with E-state index in [2.05, 4.69) is 38.8 Å². The summed E-state index contributed by atoms with van der Waals surface area (Å²) >= 11 is 0. The van der Waals surface area contributed by atoms with Crippen molar-refractivity contribution in [3.63, 3.8) is 0 Å². The molecule has 3 unspecified atom stereocenters. The fraction of sp³-hybridized carbons (Fsp3) is 0.392. The van der Waals surface area contributed by atoms with E-state index in [1.54, 1.807) is 60.7 Å². The highest BCUT2D eigenvalue weighted by Crippen LogP contribution is 2.13. The molecule has 0 aliphatic rings. The highest BCUT2D eigenvalue weighted by atomic mass is 16.3. The molecule has 3 atom stereocenters. The molecule has 5 rings (SSSR count). The van der Waals surface area contributed by atoms with Crippen LogP contribution in [0, 0.1) is 20.8 Å². The number of primary amides is 1. The number of hydrogen-bond acceptors (Lipinski definition) is 13. The van der Waals surface area contributed by atoms with Crippen LogP contribution in [-0.4, -0.2) is 115 Å². The Bertz CT molecular complexity index is 1770. The van der Waals surface area contributed by atoms with Gasteiger partial charge in [-0.1, -0.05) is 77.4 Å². The van der Waals surface area contributed by atoms with Crippen molar-refractivity contribution in [2.75, 3.05) is 65.4 Å². The second-order valence-electron chi connectivity index (χ2n) is 16.0. The Labute approximate surface area is 386 Å². The second-order valence-corrected chi connectivity index (χ2v) is 16.0. The predicted octanol–water partition coefficient (Wildman–Crippen LogP) is 4.48. The number of carbonyl (C=O) groups excluding carboxylic acids is 1. The first-order valence-corrected chi connectivity index (χ1v) is 22.4. The van der Waals surface area contributed by atoms with E-state index < -0.39 is 0 Å². The Kier molecular flexibility index (Phi) is 28.8. The molecular formula is C51H76N8O6. The lowest BCUT2D eigenvalue weighted by Gasteiger charge is -2.21. The summed E-state index contributed by atoms with van der Waals surface area (Å²) in [4.78, 5) is 11.0. The molecule has 0 radical (unpaired) electrons. The molecule has 0 saturated carbocycles. The van der Waals surface area contributed by atoms with Gasteiger partial charge in [-0.3, -0.25) is 4.79 Å². The van der Waals surface area contributed by atoms with Crippen molar-refractivity contribution in [2.45, 2.75) is 65.1 Å². The second kappa shape index (κ2) is 33.8. The molecular weight excluding hydrogens is 821 g/mol. The number of aryl methyl sites for hydroxylation is 3. The van der Waals surface area contributed by atoms with E-state index >= 15 is 0 Å². The van der Waals surface area contributed by atoms with Crippen LogP contribution >= 0.6 is 0 Å². The van der Waals surface area contributed by atoms with Crippen LogP contribution in [0.3, 0.4) is 0 Å². The Morgan fingerprint density at radius 3 is 1.14 bits per heavy atom. The molecule has 0 aromatic heterocycles. The number of nitrogens with one attached hydrogen (secondary N) is 6. The van der Waals surface area contributed by atoms with Crippen molar-refractivity contribution >= 4 is 5.91 Å². The van der Waals surface area contributed by atoms with Crippen molar-refractivity contribution < 1.29 is 30.3 Å². The minimum Gasteiger partial charge on any atom is -0.508 e. The zero-order chi connectivity index (χ0) is 47.7. The van der Waals surface area contributed by atoms with E-state index in [0.29, 0.717) is 42.8 Å². The van der Waals surface area contributed by atoms with Gasteiger partial charge < -0.3 is 68.9 Å². The Morgan fingerprint density at radius 1 is 0.462 bits per heavy atom. The zero-order valence-electron chi connectivity index (χ0n) is 38.8. The van der Waals surface area contributed by atoms with Crippen molar-refractivity contribution in [1.82, 2.24) is 31.9 Å². The first-order chi connectivity index (χ1) is 31.2. The number of benzene rings is 5. The van der Waals surface area contributed by atoms with Gasteiger partial charge in [0, 0.05) is 90.0 Å². The molecule has 5 aromatic carbocycles. The molecule has 0 aliphatic heterocycles. The molecule has 0 saturated heterocycles. The molecule has 356 valence electrons. The number of phenols is 5. The van der Waals surface area contributed by atoms with Crippen LogP contribution in [0.25, 0.3) is 0 Å². The molecule has 0 heterocycles. The van der Waals surface area contributed by atoms with Gasteiger partial charge in [-0.15, -0.1) is 0 Å². The third-order valence-corrected chi connectivity index (χ3v) is 9.83. The normalized spacial score (nSPS) is 12.0. The van der Waals surface area contributed by atoms with E-state index in [0.717, 1.165) is 70.8 Å². The van der Waals surface area contributed by atoms with Gasteiger partial charge in [-0.05, 0) is 112 Å². The molecule has 15 N–H and O–H groups in total. The number of phenolic OH excluding ortho intramolecular Hbond substituents is 5. The van der Waals surface area contributed by atoms with Crippen LogP contribution in [-0.2, 0) is 17.6 Å². The average Bonchev–Trinajstić information content (AvgIpc) is 3.29. The maximum atomic E-state index is 11.0. The number of aromatic hydroxyl groups is 5. The molecule has 5 aromatic rings. The SMILES string of the molecule is CC(CNCCNC(CNCCC(N)=O)Cc1ccc(O)cc1)NCCNCC(Cc1ccc(O)cc1)NCCN.Cc1ccc(O)cc1.Cc1ccc(O)cc1.Cc1ccc(O)cc1. The van der Waals surface area contributed by atoms with Gasteiger partial charge in [0.15, 0.2) is 0 Å². The summed E-state index contributed by atoms with van der Waals surface area (Å²) in [5, 5.41) is 66.3. The van der Waals surface area contributed by atoms with Crippen molar-refractivity contribution in [2.24, 2.45) is 11.5 Å². The number of nitrogens with two attached hydrogens (primary N) is 2. The highest BCUT2D eigenvalue weighted by molar-refractivity contribution is 5.73. The maximum absolute atomic E-state index is 11.0. The van der Waals surface area contributed by atoms with Crippen LogP contribution in [0.4, 0.5) is 0 Å². The summed E-state index contributed by atoms with van der Waals surface area (Å²) < 4.78 is 0. The summed E-state index contributed by atoms with van der Waals surface area (Å²) in [5.74, 6) is 1.22. The zero-order valence-corrected chi connectivity index (χ0v) is 38.8. The molecule has 1 amide bonds. The van der Waals surface area contributed by atoms with Crippen molar-refractivity contribution in [3.8, 4) is 28.7 Å². The first-order valence-electron chi connectivity index (χ1n) is 22.4. The van der Waals surface area contributed by atoms with E-state index in [4.69, 9.17) is 26.8 Å². The molecule has 14 heteroatoms. The summed E-state index contributed by atoms with van der Waals surface area (Å²) in [6, 6.07) is 36.7. The van der Waals surface area contributed by atoms with Gasteiger partial charge in [0.05, 0.1) is 0 Å². The third-order valence-electron chi connectivity index (χ3n) is 9.83.